The second-order valence-corrected chi connectivity index (χ2v) is 9.98. The van der Waals surface area contributed by atoms with E-state index in [0.29, 0.717) is 43.3 Å². The summed E-state index contributed by atoms with van der Waals surface area (Å²) < 4.78 is 10.8. The summed E-state index contributed by atoms with van der Waals surface area (Å²) in [5.74, 6) is 1.39. The molecule has 0 aliphatic heterocycles. The van der Waals surface area contributed by atoms with Crippen LogP contribution in [-0.4, -0.2) is 43.5 Å². The van der Waals surface area contributed by atoms with Crippen molar-refractivity contribution in [3.63, 3.8) is 0 Å². The minimum absolute atomic E-state index is 0.0660. The lowest BCUT2D eigenvalue weighted by atomic mass is 10.00. The molecule has 0 saturated carbocycles. The van der Waals surface area contributed by atoms with Crippen LogP contribution < -0.4 is 14.8 Å². The van der Waals surface area contributed by atoms with Gasteiger partial charge < -0.3 is 19.7 Å². The van der Waals surface area contributed by atoms with Crippen molar-refractivity contribution in [3.8, 4) is 11.5 Å². The molecule has 1 N–H and O–H groups in total. The van der Waals surface area contributed by atoms with Crippen LogP contribution in [-0.2, 0) is 29.0 Å². The highest BCUT2D eigenvalue weighted by atomic mass is 16.5. The maximum atomic E-state index is 13.9. The number of benzene rings is 3. The van der Waals surface area contributed by atoms with E-state index in [9.17, 15) is 9.59 Å². The maximum absolute atomic E-state index is 13.9. The van der Waals surface area contributed by atoms with E-state index in [1.165, 1.54) is 0 Å². The maximum Gasteiger partial charge on any atom is 0.243 e. The third kappa shape index (κ3) is 8.10. The quantitative estimate of drug-likeness (QED) is 0.332. The molecule has 0 radical (unpaired) electrons. The van der Waals surface area contributed by atoms with Crippen LogP contribution in [0, 0.1) is 12.8 Å². The SMILES string of the molecule is COc1ccc(CCC(=O)N(Cc2ccccc2C)C(Cc2ccccc2)C(=O)NCC(C)C)cc1OC. The van der Waals surface area contributed by atoms with Crippen molar-refractivity contribution in [1.29, 1.82) is 0 Å². The first-order valence-corrected chi connectivity index (χ1v) is 13.2. The zero-order valence-electron chi connectivity index (χ0n) is 23.2. The second-order valence-electron chi connectivity index (χ2n) is 9.98. The number of ether oxygens (including phenoxy) is 2. The molecule has 6 heteroatoms. The van der Waals surface area contributed by atoms with Gasteiger partial charge in [-0.05, 0) is 53.6 Å². The molecule has 3 aromatic rings. The lowest BCUT2D eigenvalue weighted by Gasteiger charge is -2.32. The number of carbonyl (C=O) groups excluding carboxylic acids is 2. The van der Waals surface area contributed by atoms with E-state index in [0.717, 1.165) is 22.3 Å². The van der Waals surface area contributed by atoms with Crippen LogP contribution in [0.5, 0.6) is 11.5 Å². The summed E-state index contributed by atoms with van der Waals surface area (Å²) >= 11 is 0. The van der Waals surface area contributed by atoms with E-state index < -0.39 is 6.04 Å². The van der Waals surface area contributed by atoms with E-state index in [-0.39, 0.29) is 18.2 Å². The first kappa shape index (κ1) is 28.8. The van der Waals surface area contributed by atoms with Crippen molar-refractivity contribution >= 4 is 11.8 Å². The average Bonchev–Trinajstić information content (AvgIpc) is 2.93. The second kappa shape index (κ2) is 14.2. The van der Waals surface area contributed by atoms with Gasteiger partial charge in [0.05, 0.1) is 14.2 Å². The fraction of sp³-hybridized carbons (Fsp3) is 0.375. The minimum atomic E-state index is -0.631. The fourth-order valence-corrected chi connectivity index (χ4v) is 4.38. The molecule has 0 aromatic heterocycles. The van der Waals surface area contributed by atoms with Gasteiger partial charge in [0.2, 0.25) is 11.8 Å². The number of amides is 2. The van der Waals surface area contributed by atoms with Gasteiger partial charge in [-0.15, -0.1) is 0 Å². The summed E-state index contributed by atoms with van der Waals surface area (Å²) in [7, 11) is 3.20. The lowest BCUT2D eigenvalue weighted by molar-refractivity contribution is -0.141. The Morgan fingerprint density at radius 1 is 0.868 bits per heavy atom. The van der Waals surface area contributed by atoms with Crippen LogP contribution in [0.25, 0.3) is 0 Å². The van der Waals surface area contributed by atoms with Crippen LogP contribution in [0.2, 0.25) is 0 Å². The Kier molecular flexibility index (Phi) is 10.8. The average molecular weight is 517 g/mol. The molecular formula is C32H40N2O4. The standard InChI is InChI=1S/C32H40N2O4/c1-23(2)21-33-32(36)28(19-25-12-7-6-8-13-25)34(22-27-14-10-9-11-24(27)3)31(35)18-16-26-15-17-29(37-4)30(20-26)38-5/h6-15,17,20,23,28H,16,18-19,21-22H2,1-5H3,(H,33,36). The van der Waals surface area contributed by atoms with Crippen LogP contribution in [0.4, 0.5) is 0 Å². The normalized spacial score (nSPS) is 11.6. The van der Waals surface area contributed by atoms with Gasteiger partial charge in [-0.1, -0.05) is 74.5 Å². The van der Waals surface area contributed by atoms with Crippen molar-refractivity contribution in [1.82, 2.24) is 10.2 Å². The molecule has 0 saturated heterocycles. The molecule has 0 spiro atoms. The topological polar surface area (TPSA) is 67.9 Å². The third-order valence-corrected chi connectivity index (χ3v) is 6.63. The van der Waals surface area contributed by atoms with E-state index in [4.69, 9.17) is 9.47 Å². The van der Waals surface area contributed by atoms with Crippen molar-refractivity contribution < 1.29 is 19.1 Å². The fourth-order valence-electron chi connectivity index (χ4n) is 4.38. The Morgan fingerprint density at radius 3 is 2.21 bits per heavy atom. The third-order valence-electron chi connectivity index (χ3n) is 6.63. The predicted octanol–water partition coefficient (Wildman–Crippen LogP) is 5.36. The summed E-state index contributed by atoms with van der Waals surface area (Å²) in [6.07, 6.45) is 1.23. The van der Waals surface area contributed by atoms with Crippen LogP contribution in [0.3, 0.4) is 0 Å². The molecule has 6 nitrogen and oxygen atoms in total. The number of carbonyl (C=O) groups is 2. The highest BCUT2D eigenvalue weighted by molar-refractivity contribution is 5.88. The number of hydrogen-bond donors (Lipinski definition) is 1. The summed E-state index contributed by atoms with van der Waals surface area (Å²) in [5, 5.41) is 3.08. The highest BCUT2D eigenvalue weighted by Gasteiger charge is 2.30. The lowest BCUT2D eigenvalue weighted by Crippen LogP contribution is -2.51. The summed E-state index contributed by atoms with van der Waals surface area (Å²) in [6.45, 7) is 7.08. The molecule has 0 heterocycles. The molecule has 202 valence electrons. The van der Waals surface area contributed by atoms with Gasteiger partial charge in [0.25, 0.3) is 0 Å². The van der Waals surface area contributed by atoms with Crippen molar-refractivity contribution in [2.24, 2.45) is 5.92 Å². The van der Waals surface area contributed by atoms with Gasteiger partial charge in [0.15, 0.2) is 11.5 Å². The van der Waals surface area contributed by atoms with E-state index >= 15 is 0 Å². The number of nitrogens with one attached hydrogen (secondary N) is 1. The first-order chi connectivity index (χ1) is 18.3. The van der Waals surface area contributed by atoms with Crippen molar-refractivity contribution in [3.05, 3.63) is 95.1 Å². The predicted molar refractivity (Wildman–Crippen MR) is 151 cm³/mol. The van der Waals surface area contributed by atoms with Crippen LogP contribution in [0.1, 0.15) is 42.5 Å². The molecule has 1 atom stereocenters. The first-order valence-electron chi connectivity index (χ1n) is 13.2. The van der Waals surface area contributed by atoms with Gasteiger partial charge >= 0.3 is 0 Å². The molecule has 3 rings (SSSR count). The zero-order chi connectivity index (χ0) is 27.5. The van der Waals surface area contributed by atoms with Gasteiger partial charge in [-0.25, -0.2) is 0 Å². The largest absolute Gasteiger partial charge is 0.493 e. The van der Waals surface area contributed by atoms with E-state index in [1.54, 1.807) is 19.1 Å². The smallest absolute Gasteiger partial charge is 0.243 e. The zero-order valence-corrected chi connectivity index (χ0v) is 23.2. The molecular weight excluding hydrogens is 476 g/mol. The van der Waals surface area contributed by atoms with Crippen LogP contribution >= 0.6 is 0 Å². The Morgan fingerprint density at radius 2 is 1.55 bits per heavy atom. The molecule has 1 unspecified atom stereocenters. The molecule has 0 fully saturated rings. The monoisotopic (exact) mass is 516 g/mol. The molecule has 38 heavy (non-hydrogen) atoms. The van der Waals surface area contributed by atoms with Gasteiger partial charge in [0.1, 0.15) is 6.04 Å². The Balaban J connectivity index is 1.91. The number of methoxy groups -OCH3 is 2. The Hall–Kier alpha value is -3.80. The number of aryl methyl sites for hydroxylation is 2. The molecule has 3 aromatic carbocycles. The highest BCUT2D eigenvalue weighted by Crippen LogP contribution is 2.28. The van der Waals surface area contributed by atoms with E-state index in [2.05, 4.69) is 19.2 Å². The molecule has 0 aliphatic rings. The number of rotatable bonds is 13. The van der Waals surface area contributed by atoms with E-state index in [1.807, 2.05) is 79.7 Å². The summed E-state index contributed by atoms with van der Waals surface area (Å²) in [5.41, 5.74) is 4.10. The van der Waals surface area contributed by atoms with Gasteiger partial charge in [-0.3, -0.25) is 9.59 Å². The van der Waals surface area contributed by atoms with Gasteiger partial charge in [-0.2, -0.15) is 0 Å². The van der Waals surface area contributed by atoms with Crippen LogP contribution in [0.15, 0.2) is 72.8 Å². The van der Waals surface area contributed by atoms with Gasteiger partial charge in [0, 0.05) is 25.9 Å². The molecule has 2 amide bonds. The number of hydrogen-bond acceptors (Lipinski definition) is 4. The van der Waals surface area contributed by atoms with Crippen molar-refractivity contribution in [2.75, 3.05) is 20.8 Å². The minimum Gasteiger partial charge on any atom is -0.493 e. The molecule has 0 aliphatic carbocycles. The number of nitrogens with zero attached hydrogens (tertiary/aromatic N) is 1. The van der Waals surface area contributed by atoms with Crippen molar-refractivity contribution in [2.45, 2.75) is 52.6 Å². The molecule has 0 bridgehead atoms. The summed E-state index contributed by atoms with van der Waals surface area (Å²) in [4.78, 5) is 29.2. The summed E-state index contributed by atoms with van der Waals surface area (Å²) in [6, 6.07) is 23.0. The Bertz CT molecular complexity index is 1190. The Labute approximate surface area is 227 Å².